The van der Waals surface area contributed by atoms with E-state index in [1.807, 2.05) is 0 Å². The zero-order chi connectivity index (χ0) is 12.3. The van der Waals surface area contributed by atoms with Gasteiger partial charge in [-0.2, -0.15) is 17.0 Å². The molecule has 1 aliphatic heterocycles. The van der Waals surface area contributed by atoms with Gasteiger partial charge in [-0.15, -0.1) is 0 Å². The molecule has 0 aliphatic carbocycles. The summed E-state index contributed by atoms with van der Waals surface area (Å²) >= 11 is 0. The largest absolute Gasteiger partial charge is 0.468 e. The topological polar surface area (TPSA) is 63.0 Å². The minimum absolute atomic E-state index is 0.243. The lowest BCUT2D eigenvalue weighted by atomic mass is 10.4. The zero-order valence-corrected chi connectivity index (χ0v) is 10.5. The summed E-state index contributed by atoms with van der Waals surface area (Å²) in [5, 5.41) is 0. The Morgan fingerprint density at radius 1 is 1.41 bits per heavy atom. The van der Waals surface area contributed by atoms with E-state index in [1.54, 1.807) is 19.2 Å². The molecule has 1 saturated heterocycles. The third-order valence-corrected chi connectivity index (χ3v) is 4.58. The van der Waals surface area contributed by atoms with Gasteiger partial charge in [-0.3, -0.25) is 0 Å². The molecule has 0 saturated carbocycles. The number of furan rings is 1. The van der Waals surface area contributed by atoms with Crippen molar-refractivity contribution >= 4 is 10.2 Å². The van der Waals surface area contributed by atoms with Gasteiger partial charge in [-0.25, -0.2) is 0 Å². The van der Waals surface area contributed by atoms with Crippen LogP contribution in [0.5, 0.6) is 0 Å². The Balaban J connectivity index is 2.03. The van der Waals surface area contributed by atoms with Crippen molar-refractivity contribution in [1.82, 2.24) is 8.61 Å². The second kappa shape index (κ2) is 5.18. The van der Waals surface area contributed by atoms with Crippen LogP contribution >= 0.6 is 0 Å². The van der Waals surface area contributed by atoms with Crippen molar-refractivity contribution in [1.29, 1.82) is 0 Å². The first kappa shape index (κ1) is 12.6. The molecule has 0 aromatic carbocycles. The SMILES string of the molecule is CN(Cc1ccco1)S(=O)(=O)N1CCOCC1. The molecule has 7 heteroatoms. The van der Waals surface area contributed by atoms with Crippen LogP contribution in [-0.4, -0.2) is 50.4 Å². The first-order valence-electron chi connectivity index (χ1n) is 5.42. The van der Waals surface area contributed by atoms with Crippen molar-refractivity contribution in [2.75, 3.05) is 33.4 Å². The normalized spacial score (nSPS) is 18.7. The van der Waals surface area contributed by atoms with Crippen molar-refractivity contribution in [3.8, 4) is 0 Å². The Labute approximate surface area is 101 Å². The summed E-state index contributed by atoms with van der Waals surface area (Å²) in [6.45, 7) is 1.96. The molecule has 2 heterocycles. The van der Waals surface area contributed by atoms with Gasteiger partial charge in [-0.05, 0) is 12.1 Å². The second-order valence-corrected chi connectivity index (χ2v) is 5.89. The van der Waals surface area contributed by atoms with Crippen molar-refractivity contribution < 1.29 is 17.6 Å². The maximum Gasteiger partial charge on any atom is 0.282 e. The molecule has 0 unspecified atom stereocenters. The lowest BCUT2D eigenvalue weighted by Gasteiger charge is -2.29. The summed E-state index contributed by atoms with van der Waals surface area (Å²) in [6, 6.07) is 3.50. The van der Waals surface area contributed by atoms with E-state index in [2.05, 4.69) is 0 Å². The number of hydrogen-bond acceptors (Lipinski definition) is 4. The number of ether oxygens (including phenoxy) is 1. The van der Waals surface area contributed by atoms with Gasteiger partial charge in [-0.1, -0.05) is 0 Å². The van der Waals surface area contributed by atoms with E-state index < -0.39 is 10.2 Å². The molecule has 1 aliphatic rings. The molecule has 0 bridgehead atoms. The Bertz CT molecular complexity index is 437. The molecular formula is C10H16N2O4S. The smallest absolute Gasteiger partial charge is 0.282 e. The molecule has 1 fully saturated rings. The predicted octanol–water partition coefficient (Wildman–Crippen LogP) is 0.288. The molecule has 0 N–H and O–H groups in total. The van der Waals surface area contributed by atoms with Crippen molar-refractivity contribution in [3.63, 3.8) is 0 Å². The van der Waals surface area contributed by atoms with Crippen LogP contribution in [0.25, 0.3) is 0 Å². The summed E-state index contributed by atoms with van der Waals surface area (Å²) in [4.78, 5) is 0. The molecule has 96 valence electrons. The van der Waals surface area contributed by atoms with Gasteiger partial charge in [0.1, 0.15) is 5.76 Å². The number of nitrogens with zero attached hydrogens (tertiary/aromatic N) is 2. The lowest BCUT2D eigenvalue weighted by molar-refractivity contribution is 0.0704. The molecule has 0 amide bonds. The lowest BCUT2D eigenvalue weighted by Crippen LogP contribution is -2.46. The van der Waals surface area contributed by atoms with Crippen molar-refractivity contribution in [2.45, 2.75) is 6.54 Å². The molecule has 17 heavy (non-hydrogen) atoms. The highest BCUT2D eigenvalue weighted by Gasteiger charge is 2.28. The van der Waals surface area contributed by atoms with Crippen LogP contribution in [0.15, 0.2) is 22.8 Å². The van der Waals surface area contributed by atoms with Gasteiger partial charge >= 0.3 is 0 Å². The van der Waals surface area contributed by atoms with Crippen LogP contribution in [0.2, 0.25) is 0 Å². The van der Waals surface area contributed by atoms with Crippen LogP contribution in [0.1, 0.15) is 5.76 Å². The fourth-order valence-electron chi connectivity index (χ4n) is 1.68. The summed E-state index contributed by atoms with van der Waals surface area (Å²) < 4.78 is 37.3. The first-order chi connectivity index (χ1) is 8.10. The maximum absolute atomic E-state index is 12.2. The predicted molar refractivity (Wildman–Crippen MR) is 61.5 cm³/mol. The average Bonchev–Trinajstić information content (AvgIpc) is 2.83. The van der Waals surface area contributed by atoms with E-state index >= 15 is 0 Å². The fraction of sp³-hybridized carbons (Fsp3) is 0.600. The van der Waals surface area contributed by atoms with E-state index in [1.165, 1.54) is 14.9 Å². The minimum atomic E-state index is -3.41. The van der Waals surface area contributed by atoms with E-state index in [4.69, 9.17) is 9.15 Å². The zero-order valence-electron chi connectivity index (χ0n) is 9.70. The van der Waals surface area contributed by atoms with E-state index in [0.29, 0.717) is 32.1 Å². The summed E-state index contributed by atoms with van der Waals surface area (Å²) in [5.41, 5.74) is 0. The van der Waals surface area contributed by atoms with Crippen LogP contribution in [0.4, 0.5) is 0 Å². The second-order valence-electron chi connectivity index (χ2n) is 3.85. The quantitative estimate of drug-likeness (QED) is 0.780. The number of hydrogen-bond donors (Lipinski definition) is 0. The van der Waals surface area contributed by atoms with Crippen molar-refractivity contribution in [2.24, 2.45) is 0 Å². The molecule has 1 aromatic heterocycles. The molecule has 0 atom stereocenters. The fourth-order valence-corrected chi connectivity index (χ4v) is 2.97. The van der Waals surface area contributed by atoms with Gasteiger partial charge in [0.15, 0.2) is 0 Å². The van der Waals surface area contributed by atoms with Crippen LogP contribution in [0.3, 0.4) is 0 Å². The standard InChI is InChI=1S/C10H16N2O4S/c1-11(9-10-3-2-6-16-10)17(13,14)12-4-7-15-8-5-12/h2-3,6H,4-5,7-9H2,1H3. The Morgan fingerprint density at radius 3 is 2.71 bits per heavy atom. The van der Waals surface area contributed by atoms with Gasteiger partial charge < -0.3 is 9.15 Å². The van der Waals surface area contributed by atoms with Crippen molar-refractivity contribution in [3.05, 3.63) is 24.2 Å². The molecule has 0 radical (unpaired) electrons. The molecule has 6 nitrogen and oxygen atoms in total. The highest BCUT2D eigenvalue weighted by atomic mass is 32.2. The summed E-state index contributed by atoms with van der Waals surface area (Å²) in [5.74, 6) is 0.629. The maximum atomic E-state index is 12.2. The van der Waals surface area contributed by atoms with E-state index in [-0.39, 0.29) is 6.54 Å². The Kier molecular flexibility index (Phi) is 3.82. The molecule has 1 aromatic rings. The summed E-state index contributed by atoms with van der Waals surface area (Å²) in [6.07, 6.45) is 1.53. The highest BCUT2D eigenvalue weighted by Crippen LogP contribution is 2.13. The number of morpholine rings is 1. The third-order valence-electron chi connectivity index (χ3n) is 2.65. The monoisotopic (exact) mass is 260 g/mol. The summed E-state index contributed by atoms with van der Waals surface area (Å²) in [7, 11) is -1.86. The Morgan fingerprint density at radius 2 is 2.12 bits per heavy atom. The highest BCUT2D eigenvalue weighted by molar-refractivity contribution is 7.86. The minimum Gasteiger partial charge on any atom is -0.468 e. The van der Waals surface area contributed by atoms with Gasteiger partial charge in [0.05, 0.1) is 26.0 Å². The van der Waals surface area contributed by atoms with Crippen LogP contribution < -0.4 is 0 Å². The van der Waals surface area contributed by atoms with Crippen LogP contribution in [-0.2, 0) is 21.5 Å². The first-order valence-corrected chi connectivity index (χ1v) is 6.82. The Hall–Kier alpha value is -0.890. The van der Waals surface area contributed by atoms with Gasteiger partial charge in [0.25, 0.3) is 10.2 Å². The molecule has 0 spiro atoms. The molecule has 2 rings (SSSR count). The van der Waals surface area contributed by atoms with Gasteiger partial charge in [0, 0.05) is 20.1 Å². The molecular weight excluding hydrogens is 244 g/mol. The van der Waals surface area contributed by atoms with Gasteiger partial charge in [0.2, 0.25) is 0 Å². The van der Waals surface area contributed by atoms with Crippen LogP contribution in [0, 0.1) is 0 Å². The number of rotatable bonds is 4. The van der Waals surface area contributed by atoms with E-state index in [9.17, 15) is 8.42 Å². The van der Waals surface area contributed by atoms with E-state index in [0.717, 1.165) is 0 Å². The average molecular weight is 260 g/mol. The third kappa shape index (κ3) is 2.86.